The summed E-state index contributed by atoms with van der Waals surface area (Å²) in [6.07, 6.45) is 2.63. The minimum atomic E-state index is -3.09. The standard InChI is InChI=1S/C10H18N2O3S/c1-8(6-11)2-3-10(13)12-9-4-5-16(14,15)7-9/h4-5,8-9H,2-3,6-7,11H2,1H3,(H,12,13). The molecular formula is C10H18N2O3S. The van der Waals surface area contributed by atoms with Gasteiger partial charge in [0.1, 0.15) is 0 Å². The van der Waals surface area contributed by atoms with Crippen molar-refractivity contribution in [2.75, 3.05) is 12.3 Å². The highest BCUT2D eigenvalue weighted by Gasteiger charge is 2.22. The minimum absolute atomic E-state index is 0.0226. The number of sulfone groups is 1. The summed E-state index contributed by atoms with van der Waals surface area (Å²) < 4.78 is 22.2. The third-order valence-corrected chi connectivity index (χ3v) is 3.94. The average molecular weight is 246 g/mol. The second-order valence-electron chi connectivity index (χ2n) is 4.21. The van der Waals surface area contributed by atoms with Crippen LogP contribution in [0.4, 0.5) is 0 Å². The van der Waals surface area contributed by atoms with Crippen LogP contribution in [0, 0.1) is 5.92 Å². The van der Waals surface area contributed by atoms with Gasteiger partial charge in [0.2, 0.25) is 5.91 Å². The number of hydrogen-bond donors (Lipinski definition) is 2. The van der Waals surface area contributed by atoms with Gasteiger partial charge in [-0.15, -0.1) is 0 Å². The molecule has 0 radical (unpaired) electrons. The van der Waals surface area contributed by atoms with Gasteiger partial charge in [0.05, 0.1) is 11.8 Å². The van der Waals surface area contributed by atoms with Crippen LogP contribution in [0.2, 0.25) is 0 Å². The Morgan fingerprint density at radius 3 is 2.81 bits per heavy atom. The molecule has 0 aromatic carbocycles. The molecule has 5 nitrogen and oxygen atoms in total. The molecule has 2 atom stereocenters. The normalized spacial score (nSPS) is 24.2. The van der Waals surface area contributed by atoms with Crippen molar-refractivity contribution in [3.8, 4) is 0 Å². The second-order valence-corrected chi connectivity index (χ2v) is 6.14. The maximum atomic E-state index is 11.4. The number of nitrogens with one attached hydrogen (secondary N) is 1. The van der Waals surface area contributed by atoms with Crippen molar-refractivity contribution in [1.29, 1.82) is 0 Å². The predicted molar refractivity (Wildman–Crippen MR) is 62.3 cm³/mol. The number of rotatable bonds is 5. The van der Waals surface area contributed by atoms with E-state index in [9.17, 15) is 13.2 Å². The molecule has 0 bridgehead atoms. The molecule has 2 unspecified atom stereocenters. The van der Waals surface area contributed by atoms with Gasteiger partial charge in [-0.3, -0.25) is 4.79 Å². The smallest absolute Gasteiger partial charge is 0.220 e. The highest BCUT2D eigenvalue weighted by molar-refractivity contribution is 7.94. The molecule has 0 aromatic rings. The molecule has 1 aliphatic heterocycles. The lowest BCUT2D eigenvalue weighted by Crippen LogP contribution is -2.35. The zero-order valence-corrected chi connectivity index (χ0v) is 10.2. The third kappa shape index (κ3) is 4.32. The summed E-state index contributed by atoms with van der Waals surface area (Å²) in [5.74, 6) is 0.172. The first-order valence-corrected chi connectivity index (χ1v) is 7.05. The number of carbonyl (C=O) groups excluding carboxylic acids is 1. The Morgan fingerprint density at radius 1 is 1.62 bits per heavy atom. The fourth-order valence-corrected chi connectivity index (χ4v) is 2.68. The molecule has 0 saturated heterocycles. The predicted octanol–water partition coefficient (Wildman–Crippen LogP) is -0.212. The van der Waals surface area contributed by atoms with Crippen molar-refractivity contribution < 1.29 is 13.2 Å². The molecule has 0 aromatic heterocycles. The number of nitrogens with two attached hydrogens (primary N) is 1. The number of amides is 1. The van der Waals surface area contributed by atoms with E-state index in [0.29, 0.717) is 18.9 Å². The van der Waals surface area contributed by atoms with Crippen molar-refractivity contribution in [3.63, 3.8) is 0 Å². The van der Waals surface area contributed by atoms with Gasteiger partial charge in [0.25, 0.3) is 0 Å². The van der Waals surface area contributed by atoms with E-state index in [4.69, 9.17) is 5.73 Å². The van der Waals surface area contributed by atoms with E-state index in [0.717, 1.165) is 11.8 Å². The Kier molecular flexibility index (Phi) is 4.49. The van der Waals surface area contributed by atoms with Crippen LogP contribution in [0.1, 0.15) is 19.8 Å². The van der Waals surface area contributed by atoms with Gasteiger partial charge in [-0.2, -0.15) is 0 Å². The van der Waals surface area contributed by atoms with E-state index in [2.05, 4.69) is 5.32 Å². The molecule has 1 rings (SSSR count). The van der Waals surface area contributed by atoms with Crippen LogP contribution in [0.25, 0.3) is 0 Å². The summed E-state index contributed by atoms with van der Waals surface area (Å²) in [6.45, 7) is 2.54. The summed E-state index contributed by atoms with van der Waals surface area (Å²) in [5.41, 5.74) is 5.44. The van der Waals surface area contributed by atoms with Gasteiger partial charge in [-0.1, -0.05) is 6.92 Å². The van der Waals surface area contributed by atoms with Gasteiger partial charge in [-0.05, 0) is 25.0 Å². The van der Waals surface area contributed by atoms with E-state index >= 15 is 0 Å². The SMILES string of the molecule is CC(CN)CCC(=O)NC1C=CS(=O)(=O)C1. The molecule has 92 valence electrons. The Hall–Kier alpha value is -0.880. The Labute approximate surface area is 96.0 Å². The largest absolute Gasteiger partial charge is 0.349 e. The van der Waals surface area contributed by atoms with Crippen molar-refractivity contribution in [1.82, 2.24) is 5.32 Å². The topological polar surface area (TPSA) is 89.3 Å². The Bertz CT molecular complexity index is 376. The van der Waals surface area contributed by atoms with Crippen molar-refractivity contribution in [2.45, 2.75) is 25.8 Å². The summed E-state index contributed by atoms with van der Waals surface area (Å²) in [5, 5.41) is 3.82. The molecule has 1 amide bonds. The first kappa shape index (κ1) is 13.2. The van der Waals surface area contributed by atoms with E-state index < -0.39 is 9.84 Å². The van der Waals surface area contributed by atoms with Gasteiger partial charge in [0, 0.05) is 11.8 Å². The van der Waals surface area contributed by atoms with E-state index in [1.165, 1.54) is 6.08 Å². The molecule has 0 aliphatic carbocycles. The van der Waals surface area contributed by atoms with Gasteiger partial charge < -0.3 is 11.1 Å². The first-order valence-electron chi connectivity index (χ1n) is 5.33. The van der Waals surface area contributed by atoms with E-state index in [-0.39, 0.29) is 17.7 Å². The highest BCUT2D eigenvalue weighted by atomic mass is 32.2. The molecule has 0 saturated carbocycles. The zero-order chi connectivity index (χ0) is 12.2. The Morgan fingerprint density at radius 2 is 2.31 bits per heavy atom. The summed E-state index contributed by atoms with van der Waals surface area (Å²) >= 11 is 0. The number of carbonyl (C=O) groups is 1. The fraction of sp³-hybridized carbons (Fsp3) is 0.700. The van der Waals surface area contributed by atoms with Gasteiger partial charge in [-0.25, -0.2) is 8.42 Å². The Balaban J connectivity index is 2.29. The average Bonchev–Trinajstić information content (AvgIpc) is 2.54. The number of hydrogen-bond acceptors (Lipinski definition) is 4. The van der Waals surface area contributed by atoms with Crippen molar-refractivity contribution in [2.24, 2.45) is 11.7 Å². The maximum Gasteiger partial charge on any atom is 0.220 e. The van der Waals surface area contributed by atoms with Crippen molar-refractivity contribution in [3.05, 3.63) is 11.5 Å². The molecule has 6 heteroatoms. The van der Waals surface area contributed by atoms with E-state index in [1.807, 2.05) is 6.92 Å². The molecule has 0 spiro atoms. The van der Waals surface area contributed by atoms with Crippen LogP contribution < -0.4 is 11.1 Å². The molecule has 0 fully saturated rings. The lowest BCUT2D eigenvalue weighted by Gasteiger charge is -2.11. The van der Waals surface area contributed by atoms with Gasteiger partial charge >= 0.3 is 0 Å². The van der Waals surface area contributed by atoms with Crippen LogP contribution in [-0.2, 0) is 14.6 Å². The first-order chi connectivity index (χ1) is 7.43. The lowest BCUT2D eigenvalue weighted by molar-refractivity contribution is -0.121. The third-order valence-electron chi connectivity index (χ3n) is 2.54. The van der Waals surface area contributed by atoms with E-state index in [1.54, 1.807) is 0 Å². The summed E-state index contributed by atoms with van der Waals surface area (Å²) in [7, 11) is -3.09. The fourth-order valence-electron chi connectivity index (χ4n) is 1.44. The van der Waals surface area contributed by atoms with Crippen LogP contribution in [0.3, 0.4) is 0 Å². The van der Waals surface area contributed by atoms with Crippen LogP contribution in [0.5, 0.6) is 0 Å². The van der Waals surface area contributed by atoms with Crippen LogP contribution in [0.15, 0.2) is 11.5 Å². The van der Waals surface area contributed by atoms with Gasteiger partial charge in [0.15, 0.2) is 9.84 Å². The summed E-state index contributed by atoms with van der Waals surface area (Å²) in [4.78, 5) is 11.4. The van der Waals surface area contributed by atoms with Crippen LogP contribution in [-0.4, -0.2) is 32.7 Å². The minimum Gasteiger partial charge on any atom is -0.349 e. The summed E-state index contributed by atoms with van der Waals surface area (Å²) in [6, 6.07) is -0.370. The monoisotopic (exact) mass is 246 g/mol. The quantitative estimate of drug-likeness (QED) is 0.702. The zero-order valence-electron chi connectivity index (χ0n) is 9.35. The highest BCUT2D eigenvalue weighted by Crippen LogP contribution is 2.09. The van der Waals surface area contributed by atoms with Crippen molar-refractivity contribution >= 4 is 15.7 Å². The molecular weight excluding hydrogens is 228 g/mol. The second kappa shape index (κ2) is 5.45. The maximum absolute atomic E-state index is 11.4. The molecule has 16 heavy (non-hydrogen) atoms. The molecule has 3 N–H and O–H groups in total. The molecule has 1 aliphatic rings. The molecule has 1 heterocycles. The lowest BCUT2D eigenvalue weighted by atomic mass is 10.1. The van der Waals surface area contributed by atoms with Crippen LogP contribution >= 0.6 is 0 Å².